The average Bonchev–Trinajstić information content (AvgIpc) is 2.36. The van der Waals surface area contributed by atoms with Gasteiger partial charge in [0.05, 0.1) is 6.07 Å². The summed E-state index contributed by atoms with van der Waals surface area (Å²) in [5, 5.41) is 6.47. The molecular weight excluding hydrogens is 315 g/mol. The summed E-state index contributed by atoms with van der Waals surface area (Å²) < 4.78 is 40.9. The maximum atomic E-state index is 15.2. The average molecular weight is 331 g/mol. The Morgan fingerprint density at radius 1 is 1.14 bits per heavy atom. The Balaban J connectivity index is 2.38. The van der Waals surface area contributed by atoms with Crippen LogP contribution in [0.1, 0.15) is 27.2 Å². The van der Waals surface area contributed by atoms with Crippen molar-refractivity contribution >= 4 is 23.5 Å². The van der Waals surface area contributed by atoms with Crippen molar-refractivity contribution in [3.63, 3.8) is 0 Å². The molecule has 1 aliphatic carbocycles. The number of alkyl halides is 3. The lowest BCUT2D eigenvalue weighted by atomic mass is 9.78. The quantitative estimate of drug-likeness (QED) is 0.753. The van der Waals surface area contributed by atoms with Gasteiger partial charge in [-0.3, -0.25) is 0 Å². The number of hydrogen-bond donors (Lipinski definition) is 0. The molecule has 2 unspecified atom stereocenters. The van der Waals surface area contributed by atoms with Crippen molar-refractivity contribution in [1.29, 1.82) is 5.26 Å². The zero-order valence-electron chi connectivity index (χ0n) is 12.0. The van der Waals surface area contributed by atoms with Gasteiger partial charge in [-0.15, -0.1) is 11.8 Å². The Labute approximate surface area is 131 Å². The second-order valence-corrected chi connectivity index (χ2v) is 9.41. The molecule has 0 aliphatic heterocycles. The van der Waals surface area contributed by atoms with Crippen LogP contribution < -0.4 is 0 Å². The van der Waals surface area contributed by atoms with E-state index >= 15 is 4.39 Å². The first-order valence-corrected chi connectivity index (χ1v) is 8.11. The monoisotopic (exact) mass is 331 g/mol. The first-order valence-electron chi connectivity index (χ1n) is 6.47. The molecule has 1 aromatic carbocycles. The van der Waals surface area contributed by atoms with Gasteiger partial charge >= 0.3 is 0 Å². The Hall–Kier alpha value is -0.800. The van der Waals surface area contributed by atoms with Crippen molar-refractivity contribution in [3.8, 4) is 6.07 Å². The molecule has 0 amide bonds. The second kappa shape index (κ2) is 5.13. The fourth-order valence-electron chi connectivity index (χ4n) is 2.30. The number of benzene rings is 1. The smallest absolute Gasteiger partial charge is 0.222 e. The van der Waals surface area contributed by atoms with E-state index in [1.54, 1.807) is 51.1 Å². The van der Waals surface area contributed by atoms with Crippen molar-refractivity contribution in [1.82, 2.24) is 0 Å². The highest BCUT2D eigenvalue weighted by Gasteiger charge is 2.81. The summed E-state index contributed by atoms with van der Waals surface area (Å²) in [6.07, 6.45) is -0.755. The zero-order chi connectivity index (χ0) is 15.9. The van der Waals surface area contributed by atoms with Crippen LogP contribution in [-0.2, 0) is 0 Å². The molecule has 1 aliphatic rings. The summed E-state index contributed by atoms with van der Waals surface area (Å²) in [5.41, 5.74) is 0. The van der Waals surface area contributed by atoms with Gasteiger partial charge in [0.25, 0.3) is 10.9 Å². The maximum Gasteiger partial charge on any atom is 0.296 e. The van der Waals surface area contributed by atoms with Crippen LogP contribution in [0.5, 0.6) is 0 Å². The van der Waals surface area contributed by atoms with Crippen molar-refractivity contribution in [2.24, 2.45) is 0 Å². The minimum Gasteiger partial charge on any atom is -0.222 e. The van der Waals surface area contributed by atoms with E-state index in [2.05, 4.69) is 0 Å². The van der Waals surface area contributed by atoms with Gasteiger partial charge in [-0.1, -0.05) is 50.7 Å². The van der Waals surface area contributed by atoms with Crippen LogP contribution >= 0.6 is 23.5 Å². The first-order chi connectivity index (χ1) is 9.55. The second-order valence-electron chi connectivity index (χ2n) is 6.04. The van der Waals surface area contributed by atoms with E-state index in [1.807, 2.05) is 6.07 Å². The van der Waals surface area contributed by atoms with Gasteiger partial charge in [0.15, 0.2) is 4.75 Å². The fraction of sp³-hybridized carbons (Fsp3) is 0.533. The van der Waals surface area contributed by atoms with E-state index in [0.29, 0.717) is 16.7 Å². The molecule has 2 atom stereocenters. The van der Waals surface area contributed by atoms with Crippen molar-refractivity contribution in [2.45, 2.75) is 52.5 Å². The highest BCUT2D eigenvalue weighted by molar-refractivity contribution is 8.05. The Morgan fingerprint density at radius 2 is 1.71 bits per heavy atom. The lowest BCUT2D eigenvalue weighted by molar-refractivity contribution is -0.173. The summed E-state index contributed by atoms with van der Waals surface area (Å²) in [6, 6.07) is 10.0. The van der Waals surface area contributed by atoms with Crippen molar-refractivity contribution < 1.29 is 13.2 Å². The molecule has 0 N–H and O–H groups in total. The predicted octanol–water partition coefficient (Wildman–Crippen LogP) is 5.28. The lowest BCUT2D eigenvalue weighted by Crippen LogP contribution is -2.70. The Bertz CT molecular complexity index is 565. The van der Waals surface area contributed by atoms with E-state index in [4.69, 9.17) is 0 Å². The summed E-state index contributed by atoms with van der Waals surface area (Å²) in [4.78, 5) is 0.397. The molecule has 21 heavy (non-hydrogen) atoms. The molecule has 114 valence electrons. The Kier molecular flexibility index (Phi) is 4.05. The summed E-state index contributed by atoms with van der Waals surface area (Å²) in [7, 11) is 0. The number of rotatable bonds is 3. The van der Waals surface area contributed by atoms with Gasteiger partial charge < -0.3 is 0 Å². The molecule has 0 saturated heterocycles. The maximum absolute atomic E-state index is 15.2. The van der Waals surface area contributed by atoms with E-state index in [1.165, 1.54) is 0 Å². The number of nitrogens with zero attached hydrogens (tertiary/aromatic N) is 1. The van der Waals surface area contributed by atoms with Crippen molar-refractivity contribution in [3.05, 3.63) is 30.3 Å². The number of hydrogen-bond acceptors (Lipinski definition) is 3. The summed E-state index contributed by atoms with van der Waals surface area (Å²) in [6.45, 7) is 5.38. The number of halogens is 3. The number of nitriles is 1. The third-order valence-electron chi connectivity index (χ3n) is 3.12. The standard InChI is InChI=1S/C15H16F3NS2/c1-12(2,3)21-13(10-19)9-14(16,17)15(13,18)20-11-7-5-4-6-8-11/h4-8H,9H2,1-3H3. The Morgan fingerprint density at radius 3 is 2.14 bits per heavy atom. The highest BCUT2D eigenvalue weighted by Crippen LogP contribution is 2.70. The molecule has 1 aromatic rings. The highest BCUT2D eigenvalue weighted by atomic mass is 32.2. The lowest BCUT2D eigenvalue weighted by Gasteiger charge is -2.55. The van der Waals surface area contributed by atoms with Gasteiger partial charge in [0.1, 0.15) is 0 Å². The largest absolute Gasteiger partial charge is 0.296 e. The molecule has 1 nitrogen and oxygen atoms in total. The molecule has 0 bridgehead atoms. The summed E-state index contributed by atoms with van der Waals surface area (Å²) in [5.74, 6) is -3.51. The van der Waals surface area contributed by atoms with Crippen molar-refractivity contribution in [2.75, 3.05) is 0 Å². The SMILES string of the molecule is CC(C)(C)SC1(C#N)CC(F)(F)C1(F)Sc1ccccc1. The van der Waals surface area contributed by atoms with E-state index in [0.717, 1.165) is 11.8 Å². The van der Waals surface area contributed by atoms with E-state index in [9.17, 15) is 14.0 Å². The number of thioether (sulfide) groups is 2. The molecular formula is C15H16F3NS2. The van der Waals surface area contributed by atoms with E-state index in [-0.39, 0.29) is 0 Å². The minimum absolute atomic E-state index is 0.397. The van der Waals surface area contributed by atoms with Crippen LogP contribution in [0.15, 0.2) is 35.2 Å². The van der Waals surface area contributed by atoms with Gasteiger partial charge in [-0.05, 0) is 12.1 Å². The molecule has 1 fully saturated rings. The molecule has 0 aromatic heterocycles. The molecule has 0 heterocycles. The van der Waals surface area contributed by atoms with Gasteiger partial charge in [-0.25, -0.2) is 13.2 Å². The van der Waals surface area contributed by atoms with Crippen LogP contribution in [0.4, 0.5) is 13.2 Å². The van der Waals surface area contributed by atoms with Crippen LogP contribution in [0.2, 0.25) is 0 Å². The molecule has 0 radical (unpaired) electrons. The molecule has 2 rings (SSSR count). The molecule has 1 saturated carbocycles. The summed E-state index contributed by atoms with van der Waals surface area (Å²) >= 11 is 1.43. The normalized spacial score (nSPS) is 31.3. The first kappa shape index (κ1) is 16.6. The van der Waals surface area contributed by atoms with E-state index < -0.39 is 26.8 Å². The third-order valence-corrected chi connectivity index (χ3v) is 6.17. The van der Waals surface area contributed by atoms with Crippen LogP contribution in [-0.4, -0.2) is 20.4 Å². The molecule has 0 spiro atoms. The fourth-order valence-corrected chi connectivity index (χ4v) is 5.29. The van der Waals surface area contributed by atoms with Gasteiger partial charge in [0.2, 0.25) is 0 Å². The van der Waals surface area contributed by atoms with Gasteiger partial charge in [0, 0.05) is 16.1 Å². The van der Waals surface area contributed by atoms with Crippen LogP contribution in [0.3, 0.4) is 0 Å². The van der Waals surface area contributed by atoms with Gasteiger partial charge in [-0.2, -0.15) is 5.26 Å². The molecule has 6 heteroatoms. The van der Waals surface area contributed by atoms with Crippen LogP contribution in [0.25, 0.3) is 0 Å². The zero-order valence-corrected chi connectivity index (χ0v) is 13.6. The minimum atomic E-state index is -3.51. The third kappa shape index (κ3) is 2.78. The van der Waals surface area contributed by atoms with Crippen LogP contribution in [0, 0.1) is 11.3 Å². The predicted molar refractivity (Wildman–Crippen MR) is 81.4 cm³/mol. The topological polar surface area (TPSA) is 23.8 Å².